The van der Waals surface area contributed by atoms with E-state index in [0.29, 0.717) is 21.7 Å². The summed E-state index contributed by atoms with van der Waals surface area (Å²) in [6, 6.07) is 18.7. The van der Waals surface area contributed by atoms with E-state index < -0.39 is 17.5 Å². The van der Waals surface area contributed by atoms with Gasteiger partial charge in [-0.05, 0) is 36.4 Å². The largest absolute Gasteiger partial charge is 0.323 e. The van der Waals surface area contributed by atoms with Crippen LogP contribution in [0.1, 0.15) is 0 Å². The Bertz CT molecular complexity index is 1290. The zero-order valence-corrected chi connectivity index (χ0v) is 16.3. The lowest BCUT2D eigenvalue weighted by atomic mass is 10.2. The molecule has 0 bridgehead atoms. The van der Waals surface area contributed by atoms with Crippen molar-refractivity contribution in [2.45, 2.75) is 5.16 Å². The number of carbonyl (C=O) groups excluding carboxylic acids is 1. The van der Waals surface area contributed by atoms with Crippen LogP contribution in [0.25, 0.3) is 16.6 Å². The van der Waals surface area contributed by atoms with Crippen molar-refractivity contribution in [2.24, 2.45) is 0 Å². The van der Waals surface area contributed by atoms with Gasteiger partial charge in [0.1, 0.15) is 11.6 Å². The minimum absolute atomic E-state index is 0.145. The van der Waals surface area contributed by atoms with Crippen molar-refractivity contribution in [3.05, 3.63) is 94.8 Å². The van der Waals surface area contributed by atoms with Crippen LogP contribution in [-0.2, 0) is 4.79 Å². The van der Waals surface area contributed by atoms with Crippen molar-refractivity contribution in [3.63, 3.8) is 0 Å². The average molecular weight is 423 g/mol. The Morgan fingerprint density at radius 1 is 1.00 bits per heavy atom. The number of halogens is 2. The van der Waals surface area contributed by atoms with Crippen molar-refractivity contribution >= 4 is 34.3 Å². The summed E-state index contributed by atoms with van der Waals surface area (Å²) < 4.78 is 28.5. The second-order valence-electron chi connectivity index (χ2n) is 6.35. The predicted octanol–water partition coefficient (Wildman–Crippen LogP) is 4.39. The Morgan fingerprint density at radius 2 is 1.73 bits per heavy atom. The summed E-state index contributed by atoms with van der Waals surface area (Å²) in [6.07, 6.45) is 0. The van der Waals surface area contributed by atoms with E-state index in [4.69, 9.17) is 0 Å². The highest BCUT2D eigenvalue weighted by atomic mass is 32.2. The molecule has 150 valence electrons. The number of anilines is 1. The number of fused-ring (bicyclic) bond motifs is 1. The SMILES string of the molecule is O=C(CSc1nc2ccccc2c(=O)n1-c1ccccc1)Nc1cc(F)ccc1F. The summed E-state index contributed by atoms with van der Waals surface area (Å²) in [4.78, 5) is 29.9. The van der Waals surface area contributed by atoms with E-state index in [1.165, 1.54) is 4.57 Å². The standard InChI is InChI=1S/C22H15F2N3O2S/c23-14-10-11-17(24)19(12-14)25-20(28)13-30-22-26-18-9-5-4-8-16(18)21(29)27(22)15-6-2-1-3-7-15/h1-12H,13H2,(H,25,28). The van der Waals surface area contributed by atoms with Gasteiger partial charge in [-0.2, -0.15) is 0 Å². The number of nitrogens with one attached hydrogen (secondary N) is 1. The lowest BCUT2D eigenvalue weighted by Crippen LogP contribution is -2.23. The monoisotopic (exact) mass is 423 g/mol. The minimum Gasteiger partial charge on any atom is -0.323 e. The number of hydrogen-bond acceptors (Lipinski definition) is 4. The maximum Gasteiger partial charge on any atom is 0.266 e. The first-order chi connectivity index (χ1) is 14.5. The first-order valence-corrected chi connectivity index (χ1v) is 9.96. The second kappa shape index (κ2) is 8.46. The zero-order chi connectivity index (χ0) is 21.1. The number of benzene rings is 3. The lowest BCUT2D eigenvalue weighted by Gasteiger charge is -2.13. The number of amides is 1. The molecule has 4 aromatic rings. The summed E-state index contributed by atoms with van der Waals surface area (Å²) >= 11 is 1.03. The molecule has 0 radical (unpaired) electrons. The molecule has 3 aromatic carbocycles. The molecule has 1 heterocycles. The second-order valence-corrected chi connectivity index (χ2v) is 7.29. The Balaban J connectivity index is 1.66. The van der Waals surface area contributed by atoms with E-state index in [1.54, 1.807) is 48.5 Å². The first kappa shape index (κ1) is 19.8. The highest BCUT2D eigenvalue weighted by Crippen LogP contribution is 2.22. The fraction of sp³-hybridized carbons (Fsp3) is 0.0455. The topological polar surface area (TPSA) is 64.0 Å². The molecule has 0 saturated carbocycles. The van der Waals surface area contributed by atoms with Crippen LogP contribution in [0, 0.1) is 11.6 Å². The van der Waals surface area contributed by atoms with Crippen LogP contribution in [-0.4, -0.2) is 21.2 Å². The molecule has 0 atom stereocenters. The summed E-state index contributed by atoms with van der Waals surface area (Å²) in [5.41, 5.74) is 0.618. The Kier molecular flexibility index (Phi) is 5.58. The van der Waals surface area contributed by atoms with Crippen molar-refractivity contribution in [1.82, 2.24) is 9.55 Å². The van der Waals surface area contributed by atoms with Gasteiger partial charge in [0, 0.05) is 6.07 Å². The first-order valence-electron chi connectivity index (χ1n) is 8.98. The number of thioether (sulfide) groups is 1. The van der Waals surface area contributed by atoms with Gasteiger partial charge in [-0.1, -0.05) is 42.1 Å². The Morgan fingerprint density at radius 3 is 2.53 bits per heavy atom. The zero-order valence-electron chi connectivity index (χ0n) is 15.5. The summed E-state index contributed by atoms with van der Waals surface area (Å²) in [7, 11) is 0. The predicted molar refractivity (Wildman–Crippen MR) is 113 cm³/mol. The smallest absolute Gasteiger partial charge is 0.266 e. The van der Waals surface area contributed by atoms with Gasteiger partial charge < -0.3 is 5.32 Å². The molecular weight excluding hydrogens is 408 g/mol. The molecule has 4 rings (SSSR count). The number of para-hydroxylation sites is 2. The van der Waals surface area contributed by atoms with E-state index >= 15 is 0 Å². The van der Waals surface area contributed by atoms with Gasteiger partial charge in [0.25, 0.3) is 5.56 Å². The maximum absolute atomic E-state index is 13.8. The van der Waals surface area contributed by atoms with Gasteiger partial charge in [0.2, 0.25) is 5.91 Å². The highest BCUT2D eigenvalue weighted by Gasteiger charge is 2.15. The third-order valence-electron chi connectivity index (χ3n) is 4.29. The molecule has 0 saturated heterocycles. The molecule has 0 aliphatic carbocycles. The number of nitrogens with zero attached hydrogens (tertiary/aromatic N) is 2. The van der Waals surface area contributed by atoms with Crippen LogP contribution in [0.3, 0.4) is 0 Å². The van der Waals surface area contributed by atoms with Crippen molar-refractivity contribution in [3.8, 4) is 5.69 Å². The molecule has 1 N–H and O–H groups in total. The summed E-state index contributed by atoms with van der Waals surface area (Å²) in [6.45, 7) is 0. The van der Waals surface area contributed by atoms with Crippen LogP contribution >= 0.6 is 11.8 Å². The van der Waals surface area contributed by atoms with Gasteiger partial charge in [-0.25, -0.2) is 13.8 Å². The molecule has 1 aromatic heterocycles. The fourth-order valence-electron chi connectivity index (χ4n) is 2.92. The molecular formula is C22H15F2N3O2S. The van der Waals surface area contributed by atoms with E-state index in [1.807, 2.05) is 6.07 Å². The quantitative estimate of drug-likeness (QED) is 0.382. The van der Waals surface area contributed by atoms with Crippen LogP contribution in [0.4, 0.5) is 14.5 Å². The van der Waals surface area contributed by atoms with E-state index in [9.17, 15) is 18.4 Å². The average Bonchev–Trinajstić information content (AvgIpc) is 2.75. The van der Waals surface area contributed by atoms with Crippen molar-refractivity contribution in [2.75, 3.05) is 11.1 Å². The number of aromatic nitrogens is 2. The molecule has 0 spiro atoms. The van der Waals surface area contributed by atoms with Gasteiger partial charge in [-0.15, -0.1) is 0 Å². The van der Waals surface area contributed by atoms with Crippen molar-refractivity contribution < 1.29 is 13.6 Å². The van der Waals surface area contributed by atoms with Crippen LogP contribution < -0.4 is 10.9 Å². The van der Waals surface area contributed by atoms with E-state index in [-0.39, 0.29) is 17.0 Å². The normalized spacial score (nSPS) is 10.9. The van der Waals surface area contributed by atoms with E-state index in [0.717, 1.165) is 30.0 Å². The van der Waals surface area contributed by atoms with Crippen LogP contribution in [0.15, 0.2) is 82.7 Å². The number of carbonyl (C=O) groups is 1. The van der Waals surface area contributed by atoms with E-state index in [2.05, 4.69) is 10.3 Å². The van der Waals surface area contributed by atoms with Gasteiger partial charge >= 0.3 is 0 Å². The lowest BCUT2D eigenvalue weighted by molar-refractivity contribution is -0.113. The molecule has 8 heteroatoms. The summed E-state index contributed by atoms with van der Waals surface area (Å²) in [5.74, 6) is -2.09. The summed E-state index contributed by atoms with van der Waals surface area (Å²) in [5, 5.41) is 3.12. The molecule has 0 fully saturated rings. The third-order valence-corrected chi connectivity index (χ3v) is 5.23. The molecule has 30 heavy (non-hydrogen) atoms. The minimum atomic E-state index is -0.736. The molecule has 0 unspecified atom stereocenters. The Labute approximate surface area is 174 Å². The van der Waals surface area contributed by atoms with Gasteiger partial charge in [0.15, 0.2) is 5.16 Å². The fourth-order valence-corrected chi connectivity index (χ4v) is 3.74. The van der Waals surface area contributed by atoms with Gasteiger partial charge in [0.05, 0.1) is 28.0 Å². The molecule has 0 aliphatic heterocycles. The maximum atomic E-state index is 13.8. The molecule has 5 nitrogen and oxygen atoms in total. The molecule has 1 amide bonds. The van der Waals surface area contributed by atoms with Crippen LogP contribution in [0.5, 0.6) is 0 Å². The van der Waals surface area contributed by atoms with Gasteiger partial charge in [-0.3, -0.25) is 14.2 Å². The Hall–Kier alpha value is -3.52. The highest BCUT2D eigenvalue weighted by molar-refractivity contribution is 7.99. The number of rotatable bonds is 5. The molecule has 0 aliphatic rings. The third kappa shape index (κ3) is 4.08. The number of hydrogen-bond donors (Lipinski definition) is 1. The van der Waals surface area contributed by atoms with Crippen molar-refractivity contribution in [1.29, 1.82) is 0 Å². The van der Waals surface area contributed by atoms with Crippen LogP contribution in [0.2, 0.25) is 0 Å².